The van der Waals surface area contributed by atoms with Crippen LogP contribution in [0.25, 0.3) is 10.8 Å². The number of aldehydes is 1. The van der Waals surface area contributed by atoms with Crippen molar-refractivity contribution < 1.29 is 4.79 Å². The van der Waals surface area contributed by atoms with Crippen LogP contribution in [0.3, 0.4) is 0 Å². The van der Waals surface area contributed by atoms with Gasteiger partial charge in [0.25, 0.3) is 0 Å². The molecule has 0 atom stereocenters. The summed E-state index contributed by atoms with van der Waals surface area (Å²) in [5, 5.41) is 1.95. The zero-order valence-electron chi connectivity index (χ0n) is 7.53. The van der Waals surface area contributed by atoms with Gasteiger partial charge in [0.1, 0.15) is 0 Å². The number of benzene rings is 2. The Morgan fingerprint density at radius 2 is 1.93 bits per heavy atom. The Morgan fingerprint density at radius 1 is 1.14 bits per heavy atom. The quantitative estimate of drug-likeness (QED) is 0.487. The first-order valence-corrected chi connectivity index (χ1v) is 4.30. The van der Waals surface area contributed by atoms with E-state index in [-0.39, 0.29) is 0 Å². The predicted octanol–water partition coefficient (Wildman–Crippen LogP) is 2.63. The van der Waals surface area contributed by atoms with E-state index in [9.17, 15) is 4.79 Å². The molecule has 0 N–H and O–H groups in total. The van der Waals surface area contributed by atoms with Crippen molar-refractivity contribution in [3.8, 4) is 12.3 Å². The van der Waals surface area contributed by atoms with E-state index in [4.69, 9.17) is 6.42 Å². The molecule has 0 aliphatic heterocycles. The molecule has 0 aliphatic rings. The van der Waals surface area contributed by atoms with Gasteiger partial charge in [-0.15, -0.1) is 6.42 Å². The van der Waals surface area contributed by atoms with Crippen molar-refractivity contribution in [3.63, 3.8) is 0 Å². The van der Waals surface area contributed by atoms with Gasteiger partial charge < -0.3 is 0 Å². The molecule has 66 valence electrons. The van der Waals surface area contributed by atoms with Gasteiger partial charge in [0.15, 0.2) is 6.29 Å². The van der Waals surface area contributed by atoms with Crippen LogP contribution >= 0.6 is 0 Å². The molecule has 0 aliphatic carbocycles. The van der Waals surface area contributed by atoms with Crippen LogP contribution in [0, 0.1) is 12.3 Å². The van der Waals surface area contributed by atoms with Gasteiger partial charge in [-0.25, -0.2) is 0 Å². The van der Waals surface area contributed by atoms with Gasteiger partial charge in [-0.2, -0.15) is 0 Å². The Labute approximate surface area is 82.4 Å². The number of hydrogen-bond acceptors (Lipinski definition) is 1. The number of terminal acetylenes is 1. The molecule has 0 heterocycles. The van der Waals surface area contributed by atoms with Crippen molar-refractivity contribution in [2.75, 3.05) is 0 Å². The summed E-state index contributed by atoms with van der Waals surface area (Å²) in [5.41, 5.74) is 1.25. The van der Waals surface area contributed by atoms with Gasteiger partial charge in [-0.05, 0) is 16.8 Å². The molecule has 0 bridgehead atoms. The van der Waals surface area contributed by atoms with Crippen LogP contribution in [0.5, 0.6) is 0 Å². The van der Waals surface area contributed by atoms with Gasteiger partial charge in [0, 0.05) is 11.1 Å². The summed E-state index contributed by atoms with van der Waals surface area (Å²) < 4.78 is 0. The van der Waals surface area contributed by atoms with E-state index in [2.05, 4.69) is 5.92 Å². The number of hydrogen-bond donors (Lipinski definition) is 0. The molecular weight excluding hydrogens is 172 g/mol. The molecule has 0 unspecified atom stereocenters. The maximum absolute atomic E-state index is 10.9. The van der Waals surface area contributed by atoms with Crippen molar-refractivity contribution in [1.29, 1.82) is 0 Å². The second-order valence-electron chi connectivity index (χ2n) is 3.01. The third-order valence-electron chi connectivity index (χ3n) is 2.24. The first kappa shape index (κ1) is 8.52. The van der Waals surface area contributed by atoms with Crippen LogP contribution in [0.2, 0.25) is 0 Å². The molecule has 2 aromatic rings. The Balaban J connectivity index is 2.92. The summed E-state index contributed by atoms with van der Waals surface area (Å²) in [6, 6.07) is 11.4. The van der Waals surface area contributed by atoms with Gasteiger partial charge in [-0.3, -0.25) is 4.79 Å². The van der Waals surface area contributed by atoms with Crippen molar-refractivity contribution in [1.82, 2.24) is 0 Å². The Kier molecular flexibility index (Phi) is 2.04. The normalized spacial score (nSPS) is 9.64. The van der Waals surface area contributed by atoms with Crippen LogP contribution in [-0.2, 0) is 0 Å². The molecule has 0 aromatic heterocycles. The van der Waals surface area contributed by atoms with E-state index in [1.54, 1.807) is 6.07 Å². The minimum Gasteiger partial charge on any atom is -0.298 e. The first-order valence-electron chi connectivity index (χ1n) is 4.30. The van der Waals surface area contributed by atoms with Gasteiger partial charge in [-0.1, -0.05) is 36.3 Å². The minimum atomic E-state index is 0.602. The Bertz CT molecular complexity index is 532. The lowest BCUT2D eigenvalue weighted by Crippen LogP contribution is -1.89. The summed E-state index contributed by atoms with van der Waals surface area (Å²) in [6.45, 7) is 0. The number of rotatable bonds is 1. The van der Waals surface area contributed by atoms with Crippen molar-refractivity contribution in [3.05, 3.63) is 47.5 Å². The molecule has 1 nitrogen and oxygen atoms in total. The van der Waals surface area contributed by atoms with E-state index in [1.807, 2.05) is 30.3 Å². The average Bonchev–Trinajstić information content (AvgIpc) is 2.27. The van der Waals surface area contributed by atoms with Crippen molar-refractivity contribution in [2.45, 2.75) is 0 Å². The van der Waals surface area contributed by atoms with E-state index in [0.717, 1.165) is 17.1 Å². The Morgan fingerprint density at radius 3 is 2.64 bits per heavy atom. The maximum Gasteiger partial charge on any atom is 0.151 e. The lowest BCUT2D eigenvalue weighted by atomic mass is 10.0. The molecule has 0 spiro atoms. The minimum absolute atomic E-state index is 0.602. The molecule has 0 saturated carbocycles. The monoisotopic (exact) mass is 180 g/mol. The predicted molar refractivity (Wildman–Crippen MR) is 57.3 cm³/mol. The summed E-state index contributed by atoms with van der Waals surface area (Å²) >= 11 is 0. The lowest BCUT2D eigenvalue weighted by Gasteiger charge is -2.02. The molecule has 2 rings (SSSR count). The zero-order chi connectivity index (χ0) is 9.97. The summed E-state index contributed by atoms with van der Waals surface area (Å²) in [7, 11) is 0. The van der Waals surface area contributed by atoms with Crippen LogP contribution < -0.4 is 0 Å². The SMILES string of the molecule is C#Cc1ccc2ccccc2c1C=O. The van der Waals surface area contributed by atoms with E-state index in [1.165, 1.54) is 0 Å². The third-order valence-corrected chi connectivity index (χ3v) is 2.24. The van der Waals surface area contributed by atoms with Crippen molar-refractivity contribution in [2.24, 2.45) is 0 Å². The highest BCUT2D eigenvalue weighted by molar-refractivity contribution is 6.00. The first-order chi connectivity index (χ1) is 6.86. The maximum atomic E-state index is 10.9. The van der Waals surface area contributed by atoms with Crippen LogP contribution in [-0.4, -0.2) is 6.29 Å². The average molecular weight is 180 g/mol. The number of carbonyl (C=O) groups is 1. The third kappa shape index (κ3) is 1.18. The molecule has 0 radical (unpaired) electrons. The second kappa shape index (κ2) is 3.35. The molecular formula is C13H8O. The van der Waals surface area contributed by atoms with Gasteiger partial charge in [0.2, 0.25) is 0 Å². The molecule has 2 aromatic carbocycles. The molecule has 14 heavy (non-hydrogen) atoms. The smallest absolute Gasteiger partial charge is 0.151 e. The van der Waals surface area contributed by atoms with E-state index >= 15 is 0 Å². The summed E-state index contributed by atoms with van der Waals surface area (Å²) in [4.78, 5) is 10.9. The molecule has 1 heteroatoms. The fraction of sp³-hybridized carbons (Fsp3) is 0. The summed E-state index contributed by atoms with van der Waals surface area (Å²) in [5.74, 6) is 2.51. The van der Waals surface area contributed by atoms with Gasteiger partial charge in [0.05, 0.1) is 0 Å². The second-order valence-corrected chi connectivity index (χ2v) is 3.01. The number of fused-ring (bicyclic) bond motifs is 1. The van der Waals surface area contributed by atoms with E-state index in [0.29, 0.717) is 11.1 Å². The van der Waals surface area contributed by atoms with Gasteiger partial charge >= 0.3 is 0 Å². The van der Waals surface area contributed by atoms with E-state index < -0.39 is 0 Å². The highest BCUT2D eigenvalue weighted by atomic mass is 16.1. The molecule has 0 fully saturated rings. The molecule has 0 saturated heterocycles. The number of carbonyl (C=O) groups excluding carboxylic acids is 1. The standard InChI is InChI=1S/C13H8O/c1-2-10-7-8-11-5-3-4-6-12(11)13(10)9-14/h1,3-9H. The van der Waals surface area contributed by atoms with Crippen LogP contribution in [0.1, 0.15) is 15.9 Å². The van der Waals surface area contributed by atoms with Crippen molar-refractivity contribution >= 4 is 17.1 Å². The summed E-state index contributed by atoms with van der Waals surface area (Å²) in [6.07, 6.45) is 6.13. The van der Waals surface area contributed by atoms with Crippen LogP contribution in [0.4, 0.5) is 0 Å². The molecule has 0 amide bonds. The topological polar surface area (TPSA) is 17.1 Å². The zero-order valence-corrected chi connectivity index (χ0v) is 7.53. The Hall–Kier alpha value is -2.07. The lowest BCUT2D eigenvalue weighted by molar-refractivity contribution is 0.112. The fourth-order valence-electron chi connectivity index (χ4n) is 1.55. The fourth-order valence-corrected chi connectivity index (χ4v) is 1.55. The van der Waals surface area contributed by atoms with Crippen LogP contribution in [0.15, 0.2) is 36.4 Å². The highest BCUT2D eigenvalue weighted by Crippen LogP contribution is 2.20. The highest BCUT2D eigenvalue weighted by Gasteiger charge is 2.03. The largest absolute Gasteiger partial charge is 0.298 e.